The van der Waals surface area contributed by atoms with Crippen molar-refractivity contribution < 1.29 is 26.4 Å². The molecule has 0 atom stereocenters. The second kappa shape index (κ2) is 10.5. The Balaban J connectivity index is 1.67. The summed E-state index contributed by atoms with van der Waals surface area (Å²) in [5, 5.41) is 8.35. The molecule has 0 radical (unpaired) electrons. The Morgan fingerprint density at radius 2 is 1.92 bits per heavy atom. The summed E-state index contributed by atoms with van der Waals surface area (Å²) in [4.78, 5) is 19.7. The molecular formula is C25H27F3N6O3S. The van der Waals surface area contributed by atoms with Crippen molar-refractivity contribution in [2.24, 2.45) is 0 Å². The van der Waals surface area contributed by atoms with Crippen LogP contribution in [0.25, 0.3) is 0 Å². The fraction of sp³-hybridized carbons (Fsp3) is 0.320. The van der Waals surface area contributed by atoms with Crippen LogP contribution in [0.3, 0.4) is 0 Å². The molecule has 1 aliphatic heterocycles. The quantitative estimate of drug-likeness (QED) is 0.351. The van der Waals surface area contributed by atoms with Crippen molar-refractivity contribution in [3.05, 3.63) is 64.8 Å². The maximum atomic E-state index is 13.8. The molecule has 9 nitrogen and oxygen atoms in total. The fourth-order valence-corrected chi connectivity index (χ4v) is 5.35. The molecule has 1 aromatic heterocycles. The first-order chi connectivity index (χ1) is 17.9. The maximum Gasteiger partial charge on any atom is 0.421 e. The van der Waals surface area contributed by atoms with Gasteiger partial charge in [-0.3, -0.25) is 9.10 Å². The van der Waals surface area contributed by atoms with Crippen LogP contribution in [0.5, 0.6) is 0 Å². The van der Waals surface area contributed by atoms with Gasteiger partial charge in [0.05, 0.1) is 17.9 Å². The highest BCUT2D eigenvalue weighted by molar-refractivity contribution is 7.92. The highest BCUT2D eigenvalue weighted by Crippen LogP contribution is 2.36. The third kappa shape index (κ3) is 5.67. The van der Waals surface area contributed by atoms with E-state index in [0.29, 0.717) is 34.4 Å². The van der Waals surface area contributed by atoms with Gasteiger partial charge in [0, 0.05) is 36.2 Å². The first kappa shape index (κ1) is 27.2. The first-order valence-electron chi connectivity index (χ1n) is 11.9. The summed E-state index contributed by atoms with van der Waals surface area (Å²) in [6.45, 7) is 5.08. The Labute approximate surface area is 218 Å². The predicted octanol–water partition coefficient (Wildman–Crippen LogP) is 4.83. The Bertz CT molecular complexity index is 1480. The van der Waals surface area contributed by atoms with E-state index < -0.39 is 27.6 Å². The van der Waals surface area contributed by atoms with E-state index in [2.05, 4.69) is 25.9 Å². The zero-order chi connectivity index (χ0) is 27.7. The van der Waals surface area contributed by atoms with Crippen LogP contribution >= 0.6 is 0 Å². The summed E-state index contributed by atoms with van der Waals surface area (Å²) in [5.74, 6) is -0.874. The monoisotopic (exact) mass is 548 g/mol. The number of anilines is 5. The predicted molar refractivity (Wildman–Crippen MR) is 140 cm³/mol. The van der Waals surface area contributed by atoms with Gasteiger partial charge in [-0.15, -0.1) is 0 Å². The average molecular weight is 549 g/mol. The molecule has 202 valence electrons. The van der Waals surface area contributed by atoms with E-state index in [4.69, 9.17) is 0 Å². The summed E-state index contributed by atoms with van der Waals surface area (Å²) in [5.41, 5.74) is 2.38. The summed E-state index contributed by atoms with van der Waals surface area (Å²) < 4.78 is 68.0. The lowest BCUT2D eigenvalue weighted by molar-refractivity contribution is -0.137. The lowest BCUT2D eigenvalue weighted by Crippen LogP contribution is -2.33. The number of aryl methyl sites for hydroxylation is 1. The number of aromatic nitrogens is 2. The maximum absolute atomic E-state index is 13.8. The fourth-order valence-electron chi connectivity index (χ4n) is 4.18. The van der Waals surface area contributed by atoms with Crippen molar-refractivity contribution in [2.75, 3.05) is 32.6 Å². The molecule has 4 rings (SSSR count). The van der Waals surface area contributed by atoms with E-state index in [1.807, 2.05) is 0 Å². The molecule has 0 saturated heterocycles. The number of rotatable bonds is 9. The third-order valence-electron chi connectivity index (χ3n) is 6.07. The molecule has 0 spiro atoms. The van der Waals surface area contributed by atoms with Crippen LogP contribution < -0.4 is 20.3 Å². The normalized spacial score (nSPS) is 13.2. The number of sulfonamides is 1. The minimum Gasteiger partial charge on any atom is -0.365 e. The van der Waals surface area contributed by atoms with Crippen molar-refractivity contribution >= 4 is 44.8 Å². The van der Waals surface area contributed by atoms with Crippen molar-refractivity contribution in [1.29, 1.82) is 0 Å². The molecule has 0 saturated carbocycles. The van der Waals surface area contributed by atoms with Gasteiger partial charge in [0.25, 0.3) is 0 Å². The summed E-state index contributed by atoms with van der Waals surface area (Å²) >= 11 is 0. The Morgan fingerprint density at radius 3 is 2.61 bits per heavy atom. The van der Waals surface area contributed by atoms with Crippen LogP contribution in [0.15, 0.2) is 42.6 Å². The molecule has 13 heteroatoms. The number of amides is 1. The molecule has 0 bridgehead atoms. The lowest BCUT2D eigenvalue weighted by Gasteiger charge is -2.25. The zero-order valence-electron chi connectivity index (χ0n) is 21.0. The summed E-state index contributed by atoms with van der Waals surface area (Å²) in [6.07, 6.45) is -3.93. The molecule has 3 N–H and O–H groups in total. The van der Waals surface area contributed by atoms with Gasteiger partial charge in [-0.05, 0) is 50.1 Å². The zero-order valence-corrected chi connectivity index (χ0v) is 21.8. The van der Waals surface area contributed by atoms with E-state index in [-0.39, 0.29) is 37.1 Å². The number of nitrogens with one attached hydrogen (secondary N) is 3. The Hall–Kier alpha value is -3.87. The number of benzene rings is 2. The Kier molecular flexibility index (Phi) is 7.49. The summed E-state index contributed by atoms with van der Waals surface area (Å²) in [6, 6.07) is 10.2. The van der Waals surface area contributed by atoms with Gasteiger partial charge in [0.15, 0.2) is 0 Å². The van der Waals surface area contributed by atoms with Crippen LogP contribution in [0.1, 0.15) is 36.1 Å². The number of nitrogens with zero attached hydrogens (tertiary/aromatic N) is 3. The third-order valence-corrected chi connectivity index (χ3v) is 7.93. The minimum atomic E-state index is -4.73. The number of hydrogen-bond acceptors (Lipinski definition) is 7. The van der Waals surface area contributed by atoms with Crippen molar-refractivity contribution in [3.63, 3.8) is 0 Å². The van der Waals surface area contributed by atoms with Gasteiger partial charge in [0.1, 0.15) is 11.4 Å². The number of carbonyl (C=O) groups excluding carboxylic acids is 1. The van der Waals surface area contributed by atoms with Crippen molar-refractivity contribution in [1.82, 2.24) is 9.97 Å². The molecule has 0 aliphatic carbocycles. The highest BCUT2D eigenvalue weighted by atomic mass is 32.2. The largest absolute Gasteiger partial charge is 0.421 e. The van der Waals surface area contributed by atoms with Gasteiger partial charge in [-0.2, -0.15) is 18.2 Å². The van der Waals surface area contributed by atoms with Gasteiger partial charge < -0.3 is 16.0 Å². The molecule has 2 heterocycles. The number of carbonyl (C=O) groups is 1. The van der Waals surface area contributed by atoms with Gasteiger partial charge >= 0.3 is 6.18 Å². The lowest BCUT2D eigenvalue weighted by atomic mass is 10.1. The molecule has 2 aromatic carbocycles. The van der Waals surface area contributed by atoms with E-state index in [0.717, 1.165) is 5.56 Å². The second-order valence-corrected chi connectivity index (χ2v) is 10.9. The first-order valence-corrected chi connectivity index (χ1v) is 13.5. The van der Waals surface area contributed by atoms with Gasteiger partial charge in [-0.25, -0.2) is 13.4 Å². The molecule has 3 aromatic rings. The molecule has 0 unspecified atom stereocenters. The SMILES string of the molecule is CCN(c1cc(C)ccc1CNc1nc(Nc2cccc3c2CC(=O)N3)ncc1C(F)(F)F)S(=O)(=O)CC. The summed E-state index contributed by atoms with van der Waals surface area (Å²) in [7, 11) is -3.61. The van der Waals surface area contributed by atoms with E-state index >= 15 is 0 Å². The number of halogens is 3. The van der Waals surface area contributed by atoms with Crippen LogP contribution in [0.2, 0.25) is 0 Å². The van der Waals surface area contributed by atoms with Gasteiger partial charge in [-0.1, -0.05) is 18.2 Å². The molecular weight excluding hydrogens is 521 g/mol. The second-order valence-electron chi connectivity index (χ2n) is 8.69. The number of alkyl halides is 3. The van der Waals surface area contributed by atoms with E-state index in [1.165, 1.54) is 11.2 Å². The van der Waals surface area contributed by atoms with Crippen molar-refractivity contribution in [2.45, 2.75) is 39.9 Å². The van der Waals surface area contributed by atoms with Crippen molar-refractivity contribution in [3.8, 4) is 0 Å². The minimum absolute atomic E-state index is 0.0962. The Morgan fingerprint density at radius 1 is 1.16 bits per heavy atom. The standard InChI is InChI=1S/C25H27F3N6O3S/c1-4-34(38(36,37)5-2)21-11-15(3)9-10-16(21)13-29-23-18(25(26,27)28)14-30-24(33-23)32-20-8-6-7-19-17(20)12-22(35)31-19/h6-11,14H,4-5,12-13H2,1-3H3,(H,31,35)(H2,29,30,32,33). The molecule has 0 fully saturated rings. The van der Waals surface area contributed by atoms with Gasteiger partial charge in [0.2, 0.25) is 21.9 Å². The average Bonchev–Trinajstić information content (AvgIpc) is 3.24. The molecule has 1 aliphatic rings. The van der Waals surface area contributed by atoms with Crippen LogP contribution in [0.4, 0.5) is 42.0 Å². The molecule has 38 heavy (non-hydrogen) atoms. The van der Waals surface area contributed by atoms with E-state index in [9.17, 15) is 26.4 Å². The topological polar surface area (TPSA) is 116 Å². The smallest absolute Gasteiger partial charge is 0.365 e. The number of fused-ring (bicyclic) bond motifs is 1. The number of hydrogen-bond donors (Lipinski definition) is 3. The highest BCUT2D eigenvalue weighted by Gasteiger charge is 2.35. The van der Waals surface area contributed by atoms with Crippen LogP contribution in [-0.4, -0.2) is 36.6 Å². The van der Waals surface area contributed by atoms with E-state index in [1.54, 1.807) is 50.2 Å². The molecule has 1 amide bonds. The van der Waals surface area contributed by atoms with Crippen LogP contribution in [-0.2, 0) is 34.0 Å². The van der Waals surface area contributed by atoms with Crippen LogP contribution in [0, 0.1) is 6.92 Å².